The molecule has 88 valence electrons. The Kier molecular flexibility index (Phi) is 3.62. The molecule has 1 heterocycles. The highest BCUT2D eigenvalue weighted by Crippen LogP contribution is 2.24. The molecule has 0 aromatic heterocycles. The number of hydrogen-bond acceptors (Lipinski definition) is 2. The van der Waals surface area contributed by atoms with Crippen LogP contribution >= 0.6 is 0 Å². The topological polar surface area (TPSA) is 21.3 Å². The van der Waals surface area contributed by atoms with Gasteiger partial charge >= 0.3 is 0 Å². The molecule has 0 aliphatic carbocycles. The molecule has 1 saturated heterocycles. The fraction of sp³-hybridized carbons (Fsp3) is 0.571. The molecule has 2 atom stereocenters. The van der Waals surface area contributed by atoms with E-state index < -0.39 is 0 Å². The Bertz CT molecular complexity index is 340. The predicted octanol–water partition coefficient (Wildman–Crippen LogP) is 2.68. The molecule has 0 radical (unpaired) electrons. The fourth-order valence-corrected chi connectivity index (χ4v) is 2.17. The first-order valence-corrected chi connectivity index (χ1v) is 6.09. The third-order valence-corrected chi connectivity index (χ3v) is 3.38. The zero-order valence-electron chi connectivity index (χ0n) is 10.4. The maximum atomic E-state index is 5.96. The molecule has 2 rings (SSSR count). The lowest BCUT2D eigenvalue weighted by Crippen LogP contribution is -2.45. The molecule has 0 amide bonds. The number of ether oxygens (including phenoxy) is 1. The van der Waals surface area contributed by atoms with E-state index in [1.54, 1.807) is 0 Å². The minimum atomic E-state index is 0.219. The summed E-state index contributed by atoms with van der Waals surface area (Å²) >= 11 is 0. The molecule has 1 N–H and O–H groups in total. The first kappa shape index (κ1) is 11.6. The zero-order valence-corrected chi connectivity index (χ0v) is 10.4. The van der Waals surface area contributed by atoms with Crippen LogP contribution in [0, 0.1) is 12.8 Å². The lowest BCUT2D eigenvalue weighted by atomic mass is 9.99. The Morgan fingerprint density at radius 1 is 1.31 bits per heavy atom. The minimum Gasteiger partial charge on any atom is -0.371 e. The van der Waals surface area contributed by atoms with Crippen molar-refractivity contribution < 1.29 is 4.74 Å². The molecule has 1 aliphatic rings. The van der Waals surface area contributed by atoms with Crippen molar-refractivity contribution in [2.75, 3.05) is 13.2 Å². The smallest absolute Gasteiger partial charge is 0.0952 e. The van der Waals surface area contributed by atoms with Gasteiger partial charge in [0.2, 0.25) is 0 Å². The van der Waals surface area contributed by atoms with E-state index in [9.17, 15) is 0 Å². The quantitative estimate of drug-likeness (QED) is 0.825. The van der Waals surface area contributed by atoms with Gasteiger partial charge in [0.25, 0.3) is 0 Å². The molecule has 0 spiro atoms. The van der Waals surface area contributed by atoms with Gasteiger partial charge in [-0.05, 0) is 24.0 Å². The van der Waals surface area contributed by atoms with Gasteiger partial charge in [0.15, 0.2) is 0 Å². The van der Waals surface area contributed by atoms with Crippen LogP contribution in [0.25, 0.3) is 0 Å². The van der Waals surface area contributed by atoms with Crippen molar-refractivity contribution in [3.8, 4) is 0 Å². The predicted molar refractivity (Wildman–Crippen MR) is 66.5 cm³/mol. The Balaban J connectivity index is 2.02. The van der Waals surface area contributed by atoms with Crippen molar-refractivity contribution >= 4 is 0 Å². The zero-order chi connectivity index (χ0) is 11.5. The maximum absolute atomic E-state index is 5.96. The molecular formula is C14H21NO. The summed E-state index contributed by atoms with van der Waals surface area (Å²) in [6.45, 7) is 8.35. The number of aryl methyl sites for hydroxylation is 1. The summed E-state index contributed by atoms with van der Waals surface area (Å²) in [5.74, 6) is 0.637. The summed E-state index contributed by atoms with van der Waals surface area (Å²) in [6.07, 6.45) is 0.219. The van der Waals surface area contributed by atoms with Gasteiger partial charge in [-0.15, -0.1) is 0 Å². The van der Waals surface area contributed by atoms with Crippen LogP contribution in [0.4, 0.5) is 0 Å². The molecular weight excluding hydrogens is 198 g/mol. The first-order valence-electron chi connectivity index (χ1n) is 6.09. The van der Waals surface area contributed by atoms with Gasteiger partial charge in [0.1, 0.15) is 0 Å². The van der Waals surface area contributed by atoms with Gasteiger partial charge in [-0.25, -0.2) is 0 Å². The molecule has 1 aliphatic heterocycles. The summed E-state index contributed by atoms with van der Waals surface area (Å²) in [5.41, 5.74) is 2.63. The van der Waals surface area contributed by atoms with E-state index in [0.29, 0.717) is 12.0 Å². The second kappa shape index (κ2) is 4.98. The molecule has 16 heavy (non-hydrogen) atoms. The highest BCUT2D eigenvalue weighted by atomic mass is 16.5. The molecule has 1 aromatic carbocycles. The molecule has 1 fully saturated rings. The lowest BCUT2D eigenvalue weighted by Gasteiger charge is -2.33. The van der Waals surface area contributed by atoms with Gasteiger partial charge in [0, 0.05) is 12.6 Å². The van der Waals surface area contributed by atoms with Crippen LogP contribution in [0.5, 0.6) is 0 Å². The van der Waals surface area contributed by atoms with Gasteiger partial charge in [-0.1, -0.05) is 38.1 Å². The van der Waals surface area contributed by atoms with E-state index in [0.717, 1.165) is 13.2 Å². The van der Waals surface area contributed by atoms with Crippen molar-refractivity contribution in [3.63, 3.8) is 0 Å². The number of morpholine rings is 1. The van der Waals surface area contributed by atoms with E-state index in [2.05, 4.69) is 50.4 Å². The monoisotopic (exact) mass is 219 g/mol. The molecule has 2 nitrogen and oxygen atoms in total. The molecule has 0 bridgehead atoms. The number of hydrogen-bond donors (Lipinski definition) is 1. The Labute approximate surface area is 98.0 Å². The van der Waals surface area contributed by atoms with Crippen LogP contribution in [0.2, 0.25) is 0 Å². The minimum absolute atomic E-state index is 0.219. The van der Waals surface area contributed by atoms with Crippen LogP contribution in [0.15, 0.2) is 24.3 Å². The van der Waals surface area contributed by atoms with Gasteiger partial charge in [-0.3, -0.25) is 0 Å². The third kappa shape index (κ3) is 2.45. The summed E-state index contributed by atoms with van der Waals surface area (Å²) in [6, 6.07) is 8.97. The van der Waals surface area contributed by atoms with Crippen molar-refractivity contribution in [2.45, 2.75) is 32.9 Å². The molecule has 1 aromatic rings. The standard InChI is InChI=1S/C14H21NO/c1-10(2)13-9-16-14(8-15-13)12-7-5-4-6-11(12)3/h4-7,10,13-15H,8-9H2,1-3H3. The van der Waals surface area contributed by atoms with E-state index in [4.69, 9.17) is 4.74 Å². The third-order valence-electron chi connectivity index (χ3n) is 3.38. The molecule has 2 heteroatoms. The summed E-state index contributed by atoms with van der Waals surface area (Å²) in [4.78, 5) is 0. The SMILES string of the molecule is Cc1ccccc1C1CNC(C(C)C)CO1. The molecule has 2 unspecified atom stereocenters. The van der Waals surface area contributed by atoms with Crippen LogP contribution in [0.3, 0.4) is 0 Å². The van der Waals surface area contributed by atoms with E-state index in [-0.39, 0.29) is 6.10 Å². The Morgan fingerprint density at radius 3 is 2.62 bits per heavy atom. The van der Waals surface area contributed by atoms with Crippen LogP contribution in [-0.4, -0.2) is 19.2 Å². The second-order valence-electron chi connectivity index (χ2n) is 4.94. The number of benzene rings is 1. The Morgan fingerprint density at radius 2 is 2.06 bits per heavy atom. The van der Waals surface area contributed by atoms with Gasteiger partial charge < -0.3 is 10.1 Å². The first-order chi connectivity index (χ1) is 7.68. The van der Waals surface area contributed by atoms with E-state index in [1.807, 2.05) is 0 Å². The number of rotatable bonds is 2. The highest BCUT2D eigenvalue weighted by molar-refractivity contribution is 5.28. The lowest BCUT2D eigenvalue weighted by molar-refractivity contribution is -0.00741. The fourth-order valence-electron chi connectivity index (χ4n) is 2.17. The van der Waals surface area contributed by atoms with E-state index >= 15 is 0 Å². The maximum Gasteiger partial charge on any atom is 0.0952 e. The summed E-state index contributed by atoms with van der Waals surface area (Å²) in [7, 11) is 0. The van der Waals surface area contributed by atoms with Crippen LogP contribution in [-0.2, 0) is 4.74 Å². The van der Waals surface area contributed by atoms with E-state index in [1.165, 1.54) is 11.1 Å². The Hall–Kier alpha value is -0.860. The summed E-state index contributed by atoms with van der Waals surface area (Å²) < 4.78 is 5.96. The van der Waals surface area contributed by atoms with Gasteiger partial charge in [-0.2, -0.15) is 0 Å². The van der Waals surface area contributed by atoms with Gasteiger partial charge in [0.05, 0.1) is 12.7 Å². The second-order valence-corrected chi connectivity index (χ2v) is 4.94. The van der Waals surface area contributed by atoms with Crippen LogP contribution < -0.4 is 5.32 Å². The number of nitrogens with one attached hydrogen (secondary N) is 1. The normalized spacial score (nSPS) is 26.0. The average molecular weight is 219 g/mol. The average Bonchev–Trinajstić information content (AvgIpc) is 2.30. The largest absolute Gasteiger partial charge is 0.371 e. The highest BCUT2D eigenvalue weighted by Gasteiger charge is 2.24. The van der Waals surface area contributed by atoms with Crippen LogP contribution in [0.1, 0.15) is 31.1 Å². The molecule has 0 saturated carbocycles. The van der Waals surface area contributed by atoms with Crippen molar-refractivity contribution in [3.05, 3.63) is 35.4 Å². The summed E-state index contributed by atoms with van der Waals surface area (Å²) in [5, 5.41) is 3.57. The van der Waals surface area contributed by atoms with Crippen molar-refractivity contribution in [1.29, 1.82) is 0 Å². The van der Waals surface area contributed by atoms with Crippen molar-refractivity contribution in [1.82, 2.24) is 5.32 Å². The van der Waals surface area contributed by atoms with Crippen molar-refractivity contribution in [2.24, 2.45) is 5.92 Å².